The number of hydroxylamine groups is 2. The van der Waals surface area contributed by atoms with Crippen molar-refractivity contribution in [2.24, 2.45) is 11.8 Å². The van der Waals surface area contributed by atoms with Gasteiger partial charge in [0.2, 0.25) is 0 Å². The van der Waals surface area contributed by atoms with Crippen molar-refractivity contribution in [1.29, 1.82) is 0 Å². The molecule has 3 heteroatoms. The van der Waals surface area contributed by atoms with Gasteiger partial charge in [-0.15, -0.1) is 0 Å². The van der Waals surface area contributed by atoms with E-state index in [-0.39, 0.29) is 17.0 Å². The third-order valence-corrected chi connectivity index (χ3v) is 3.86. The number of hydrogen-bond acceptors (Lipinski definition) is 3. The van der Waals surface area contributed by atoms with Crippen molar-refractivity contribution in [3.05, 3.63) is 0 Å². The Balaban J connectivity index is 2.75. The summed E-state index contributed by atoms with van der Waals surface area (Å²) in [6.07, 6.45) is 2.41. The Bertz CT molecular complexity index is 277. The van der Waals surface area contributed by atoms with Crippen LogP contribution in [0.15, 0.2) is 0 Å². The van der Waals surface area contributed by atoms with Crippen molar-refractivity contribution in [3.63, 3.8) is 0 Å². The third-order valence-electron chi connectivity index (χ3n) is 3.86. The molecule has 0 atom stereocenters. The summed E-state index contributed by atoms with van der Waals surface area (Å²) in [6, 6.07) is 0. The van der Waals surface area contributed by atoms with Crippen LogP contribution in [0.1, 0.15) is 60.8 Å². The first-order valence-electron chi connectivity index (χ1n) is 6.58. The fourth-order valence-corrected chi connectivity index (χ4v) is 3.14. The zero-order chi connectivity index (χ0) is 13.4. The van der Waals surface area contributed by atoms with E-state index in [4.69, 9.17) is 0 Å². The Labute approximate surface area is 105 Å². The van der Waals surface area contributed by atoms with Crippen LogP contribution in [-0.4, -0.2) is 27.1 Å². The molecule has 1 aliphatic rings. The maximum absolute atomic E-state index is 11.8. The van der Waals surface area contributed by atoms with E-state index >= 15 is 0 Å². The average Bonchev–Trinajstić information content (AvgIpc) is 2.12. The monoisotopic (exact) mass is 241 g/mol. The number of carbonyl (C=O) groups excluding carboxylic acids is 1. The molecule has 0 aliphatic carbocycles. The summed E-state index contributed by atoms with van der Waals surface area (Å²) < 4.78 is 0. The van der Waals surface area contributed by atoms with Crippen LogP contribution in [0.5, 0.6) is 0 Å². The highest BCUT2D eigenvalue weighted by Crippen LogP contribution is 2.41. The first kappa shape index (κ1) is 14.7. The molecule has 0 bridgehead atoms. The van der Waals surface area contributed by atoms with Gasteiger partial charge in [0.05, 0.1) is 0 Å². The molecule has 17 heavy (non-hydrogen) atoms. The van der Waals surface area contributed by atoms with Crippen LogP contribution in [0.3, 0.4) is 0 Å². The summed E-state index contributed by atoms with van der Waals surface area (Å²) in [5.74, 6) is 0.847. The van der Waals surface area contributed by atoms with E-state index in [1.165, 1.54) is 5.06 Å². The zero-order valence-corrected chi connectivity index (χ0v) is 12.1. The second kappa shape index (κ2) is 4.69. The minimum absolute atomic E-state index is 0.119. The van der Waals surface area contributed by atoms with Crippen LogP contribution in [0.4, 0.5) is 0 Å². The highest BCUT2D eigenvalue weighted by atomic mass is 16.5. The molecule has 0 radical (unpaired) electrons. The maximum Gasteiger partial charge on any atom is 0.135 e. The molecule has 1 N–H and O–H groups in total. The van der Waals surface area contributed by atoms with Gasteiger partial charge < -0.3 is 5.21 Å². The van der Waals surface area contributed by atoms with Gasteiger partial charge in [0.1, 0.15) is 5.78 Å². The fraction of sp³-hybridized carbons (Fsp3) is 0.929. The summed E-state index contributed by atoms with van der Waals surface area (Å²) in [6.45, 7) is 12.1. The number of ketones is 1. The van der Waals surface area contributed by atoms with Gasteiger partial charge >= 0.3 is 0 Å². The molecule has 1 rings (SSSR count). The quantitative estimate of drug-likeness (QED) is 0.824. The third kappa shape index (κ3) is 3.29. The van der Waals surface area contributed by atoms with E-state index in [2.05, 4.69) is 0 Å². The molecule has 0 aromatic rings. The van der Waals surface area contributed by atoms with E-state index in [0.29, 0.717) is 18.1 Å². The Kier molecular flexibility index (Phi) is 4.04. The van der Waals surface area contributed by atoms with Gasteiger partial charge in [-0.05, 0) is 46.5 Å². The number of hydrogen-bond donors (Lipinski definition) is 1. The summed E-state index contributed by atoms with van der Waals surface area (Å²) >= 11 is 0. The molecule has 1 heterocycles. The number of piperidine rings is 1. The highest BCUT2D eigenvalue weighted by molar-refractivity contribution is 5.80. The van der Waals surface area contributed by atoms with Gasteiger partial charge in [0.25, 0.3) is 0 Å². The van der Waals surface area contributed by atoms with E-state index in [1.807, 2.05) is 41.5 Å². The van der Waals surface area contributed by atoms with Crippen molar-refractivity contribution in [2.45, 2.75) is 71.9 Å². The second-order valence-corrected chi connectivity index (χ2v) is 7.04. The largest absolute Gasteiger partial charge is 0.313 e. The fourth-order valence-electron chi connectivity index (χ4n) is 3.14. The Morgan fingerprint density at radius 3 is 2.00 bits per heavy atom. The van der Waals surface area contributed by atoms with Crippen LogP contribution in [-0.2, 0) is 4.79 Å². The normalized spacial score (nSPS) is 25.2. The minimum Gasteiger partial charge on any atom is -0.313 e. The summed E-state index contributed by atoms with van der Waals surface area (Å²) in [5.41, 5.74) is -0.493. The summed E-state index contributed by atoms with van der Waals surface area (Å²) in [4.78, 5) is 11.8. The number of carbonyl (C=O) groups is 1. The first-order valence-corrected chi connectivity index (χ1v) is 6.58. The van der Waals surface area contributed by atoms with Gasteiger partial charge in [-0.3, -0.25) is 4.79 Å². The van der Waals surface area contributed by atoms with Crippen LogP contribution < -0.4 is 0 Å². The highest BCUT2D eigenvalue weighted by Gasteiger charge is 2.45. The van der Waals surface area contributed by atoms with E-state index < -0.39 is 0 Å². The van der Waals surface area contributed by atoms with E-state index in [1.54, 1.807) is 0 Å². The van der Waals surface area contributed by atoms with Crippen molar-refractivity contribution < 1.29 is 10.0 Å². The number of rotatable bonds is 3. The van der Waals surface area contributed by atoms with Gasteiger partial charge in [0, 0.05) is 23.4 Å². The predicted molar refractivity (Wildman–Crippen MR) is 69.0 cm³/mol. The molecule has 0 aromatic heterocycles. The van der Waals surface area contributed by atoms with Gasteiger partial charge in [-0.25, -0.2) is 0 Å². The lowest BCUT2D eigenvalue weighted by Crippen LogP contribution is -2.59. The van der Waals surface area contributed by atoms with Gasteiger partial charge in [0.15, 0.2) is 0 Å². The minimum atomic E-state index is -0.246. The number of nitrogens with zero attached hydrogens (tertiary/aromatic N) is 1. The Hall–Kier alpha value is -0.410. The van der Waals surface area contributed by atoms with Crippen molar-refractivity contribution in [2.75, 3.05) is 0 Å². The molecule has 0 spiro atoms. The van der Waals surface area contributed by atoms with E-state index in [0.717, 1.165) is 12.8 Å². The number of Topliss-reactive ketones (excluding diaryl/α,β-unsaturated/α-hetero) is 1. The standard InChI is InChI=1S/C14H27NO2/c1-10(2)12(16)7-11-8-13(3,4)15(17)14(5,6)9-11/h10-11,17H,7-9H2,1-6H3. The second-order valence-electron chi connectivity index (χ2n) is 7.04. The van der Waals surface area contributed by atoms with Crippen LogP contribution in [0.25, 0.3) is 0 Å². The lowest BCUT2D eigenvalue weighted by atomic mass is 9.73. The molecule has 0 saturated carbocycles. The zero-order valence-electron chi connectivity index (χ0n) is 12.1. The molecular weight excluding hydrogens is 214 g/mol. The van der Waals surface area contributed by atoms with Gasteiger partial charge in [-0.1, -0.05) is 13.8 Å². The van der Waals surface area contributed by atoms with Crippen molar-refractivity contribution in [3.8, 4) is 0 Å². The summed E-state index contributed by atoms with van der Waals surface area (Å²) in [7, 11) is 0. The molecular formula is C14H27NO2. The maximum atomic E-state index is 11.8. The SMILES string of the molecule is CC(C)C(=O)CC1CC(C)(C)N(O)C(C)(C)C1. The van der Waals surface area contributed by atoms with Crippen LogP contribution >= 0.6 is 0 Å². The van der Waals surface area contributed by atoms with Crippen LogP contribution in [0.2, 0.25) is 0 Å². The van der Waals surface area contributed by atoms with Crippen molar-refractivity contribution >= 4 is 5.78 Å². The predicted octanol–water partition coefficient (Wildman–Crippen LogP) is 3.26. The van der Waals surface area contributed by atoms with Crippen molar-refractivity contribution in [1.82, 2.24) is 5.06 Å². The molecule has 0 amide bonds. The molecule has 0 aromatic carbocycles. The molecule has 0 unspecified atom stereocenters. The van der Waals surface area contributed by atoms with Gasteiger partial charge in [-0.2, -0.15) is 5.06 Å². The average molecular weight is 241 g/mol. The Morgan fingerprint density at radius 1 is 1.24 bits per heavy atom. The smallest absolute Gasteiger partial charge is 0.135 e. The molecule has 100 valence electrons. The molecule has 1 saturated heterocycles. The Morgan fingerprint density at radius 2 is 1.65 bits per heavy atom. The lowest BCUT2D eigenvalue weighted by molar-refractivity contribution is -0.251. The van der Waals surface area contributed by atoms with E-state index in [9.17, 15) is 10.0 Å². The summed E-state index contributed by atoms with van der Waals surface area (Å²) in [5, 5.41) is 11.6. The molecule has 1 aliphatic heterocycles. The first-order chi connectivity index (χ1) is 7.56. The molecule has 3 nitrogen and oxygen atoms in total. The van der Waals surface area contributed by atoms with Crippen LogP contribution in [0, 0.1) is 11.8 Å². The topological polar surface area (TPSA) is 40.5 Å². The molecule has 1 fully saturated rings. The lowest BCUT2D eigenvalue weighted by Gasteiger charge is -2.51.